The van der Waals surface area contributed by atoms with Crippen molar-refractivity contribution in [2.75, 3.05) is 32.1 Å². The van der Waals surface area contributed by atoms with E-state index in [4.69, 9.17) is 5.11 Å². The van der Waals surface area contributed by atoms with Crippen LogP contribution in [-0.2, 0) is 14.6 Å². The van der Waals surface area contributed by atoms with Crippen LogP contribution in [0.4, 0.5) is 4.79 Å². The van der Waals surface area contributed by atoms with Gasteiger partial charge in [0.2, 0.25) is 0 Å². The van der Waals surface area contributed by atoms with Crippen molar-refractivity contribution >= 4 is 21.8 Å². The Morgan fingerprint density at radius 2 is 1.89 bits per heavy atom. The van der Waals surface area contributed by atoms with Gasteiger partial charge in [-0.2, -0.15) is 0 Å². The van der Waals surface area contributed by atoms with E-state index >= 15 is 0 Å². The van der Waals surface area contributed by atoms with Crippen LogP contribution in [0.25, 0.3) is 0 Å². The van der Waals surface area contributed by atoms with Gasteiger partial charge in [0, 0.05) is 26.4 Å². The molecule has 0 aliphatic heterocycles. The first-order chi connectivity index (χ1) is 8.52. The van der Waals surface area contributed by atoms with Gasteiger partial charge in [0.25, 0.3) is 0 Å². The number of carboxylic acid groups (broad SMARTS) is 1. The largest absolute Gasteiger partial charge is 0.481 e. The zero-order valence-electron chi connectivity index (χ0n) is 11.8. The Labute approximate surface area is 113 Å². The molecule has 0 radical (unpaired) electrons. The topological polar surface area (TPSA) is 104 Å². The number of nitrogens with one attached hydrogen (secondary N) is 1. The summed E-state index contributed by atoms with van der Waals surface area (Å²) >= 11 is 0. The van der Waals surface area contributed by atoms with Gasteiger partial charge < -0.3 is 15.3 Å². The van der Waals surface area contributed by atoms with E-state index in [2.05, 4.69) is 5.32 Å². The fraction of sp³-hybridized carbons (Fsp3) is 0.818. The van der Waals surface area contributed by atoms with Crippen molar-refractivity contribution in [3.05, 3.63) is 0 Å². The van der Waals surface area contributed by atoms with Gasteiger partial charge in [0.15, 0.2) is 0 Å². The van der Waals surface area contributed by atoms with Gasteiger partial charge in [0.05, 0.1) is 11.2 Å². The van der Waals surface area contributed by atoms with Gasteiger partial charge in [-0.1, -0.05) is 6.92 Å². The molecular formula is C11H22N2O5S. The Hall–Kier alpha value is -1.31. The Morgan fingerprint density at radius 3 is 2.26 bits per heavy atom. The second-order valence-electron chi connectivity index (χ2n) is 4.93. The highest BCUT2D eigenvalue weighted by atomic mass is 32.2. The first-order valence-electron chi connectivity index (χ1n) is 5.92. The number of hydrogen-bond donors (Lipinski definition) is 2. The molecule has 0 rings (SSSR count). The van der Waals surface area contributed by atoms with Crippen molar-refractivity contribution in [2.24, 2.45) is 5.41 Å². The minimum atomic E-state index is -3.13. The quantitative estimate of drug-likeness (QED) is 0.696. The van der Waals surface area contributed by atoms with E-state index in [-0.39, 0.29) is 18.8 Å². The minimum absolute atomic E-state index is 0.000875. The second kappa shape index (κ2) is 6.74. The zero-order valence-corrected chi connectivity index (χ0v) is 12.6. The predicted octanol–water partition coefficient (Wildman–Crippen LogP) is 0.173. The maximum Gasteiger partial charge on any atom is 0.317 e. The van der Waals surface area contributed by atoms with Crippen molar-refractivity contribution in [2.45, 2.75) is 20.3 Å². The number of sulfone groups is 1. The van der Waals surface area contributed by atoms with E-state index in [1.807, 2.05) is 0 Å². The molecule has 1 atom stereocenters. The molecule has 0 aliphatic carbocycles. The van der Waals surface area contributed by atoms with Crippen molar-refractivity contribution in [3.8, 4) is 0 Å². The first-order valence-corrected chi connectivity index (χ1v) is 7.98. The maximum atomic E-state index is 11.7. The highest BCUT2D eigenvalue weighted by molar-refractivity contribution is 7.90. The molecule has 0 heterocycles. The van der Waals surface area contributed by atoms with Crippen LogP contribution in [0, 0.1) is 5.41 Å². The predicted molar refractivity (Wildman–Crippen MR) is 71.8 cm³/mol. The summed E-state index contributed by atoms with van der Waals surface area (Å²) in [6.07, 6.45) is 1.48. The van der Waals surface area contributed by atoms with Crippen molar-refractivity contribution in [3.63, 3.8) is 0 Å². The lowest BCUT2D eigenvalue weighted by atomic mass is 9.88. The molecular weight excluding hydrogens is 272 g/mol. The zero-order chi connectivity index (χ0) is 15.3. The summed E-state index contributed by atoms with van der Waals surface area (Å²) in [4.78, 5) is 23.9. The highest BCUT2D eigenvalue weighted by Crippen LogP contribution is 2.19. The van der Waals surface area contributed by atoms with Gasteiger partial charge in [0.1, 0.15) is 9.84 Å². The van der Waals surface area contributed by atoms with E-state index in [0.29, 0.717) is 6.42 Å². The number of urea groups is 1. The van der Waals surface area contributed by atoms with Crippen LogP contribution in [-0.4, -0.2) is 62.6 Å². The van der Waals surface area contributed by atoms with E-state index in [1.165, 1.54) is 11.9 Å². The fourth-order valence-corrected chi connectivity index (χ4v) is 1.77. The molecule has 0 aromatic rings. The molecule has 0 saturated carbocycles. The highest BCUT2D eigenvalue weighted by Gasteiger charge is 2.31. The summed E-state index contributed by atoms with van der Waals surface area (Å²) in [7, 11) is -1.67. The average molecular weight is 294 g/mol. The standard InChI is InChI=1S/C11H22N2O5S/c1-5-11(2,9(14)15)8-12-10(16)13(3)6-7-19(4,17)18/h5-8H2,1-4H3,(H,12,16)(H,14,15). The molecule has 0 aromatic carbocycles. The number of amides is 2. The second-order valence-corrected chi connectivity index (χ2v) is 7.19. The van der Waals surface area contributed by atoms with Crippen LogP contribution in [0.15, 0.2) is 0 Å². The number of nitrogens with zero attached hydrogens (tertiary/aromatic N) is 1. The maximum absolute atomic E-state index is 11.7. The lowest BCUT2D eigenvalue weighted by Crippen LogP contribution is -2.46. The van der Waals surface area contributed by atoms with Crippen molar-refractivity contribution in [1.82, 2.24) is 10.2 Å². The van der Waals surface area contributed by atoms with Crippen LogP contribution < -0.4 is 5.32 Å². The number of aliphatic carboxylic acids is 1. The van der Waals surface area contributed by atoms with Crippen LogP contribution in [0.1, 0.15) is 20.3 Å². The van der Waals surface area contributed by atoms with Crippen molar-refractivity contribution in [1.29, 1.82) is 0 Å². The molecule has 2 N–H and O–H groups in total. The average Bonchev–Trinajstić information content (AvgIpc) is 2.31. The fourth-order valence-electron chi connectivity index (χ4n) is 1.16. The Balaban J connectivity index is 4.35. The molecule has 0 aromatic heterocycles. The molecule has 1 unspecified atom stereocenters. The molecule has 0 saturated heterocycles. The van der Waals surface area contributed by atoms with Gasteiger partial charge >= 0.3 is 12.0 Å². The third-order valence-corrected chi connectivity index (χ3v) is 3.99. The summed E-state index contributed by atoms with van der Waals surface area (Å²) in [5.41, 5.74) is -1.02. The smallest absolute Gasteiger partial charge is 0.317 e. The number of carbonyl (C=O) groups is 2. The lowest BCUT2D eigenvalue weighted by Gasteiger charge is -2.25. The number of hydrogen-bond acceptors (Lipinski definition) is 4. The molecule has 7 nitrogen and oxygen atoms in total. The molecule has 0 bridgehead atoms. The number of rotatable bonds is 7. The van der Waals surface area contributed by atoms with Crippen LogP contribution in [0.2, 0.25) is 0 Å². The van der Waals surface area contributed by atoms with Crippen LogP contribution >= 0.6 is 0 Å². The van der Waals surface area contributed by atoms with E-state index in [9.17, 15) is 18.0 Å². The van der Waals surface area contributed by atoms with E-state index < -0.39 is 27.3 Å². The molecule has 0 spiro atoms. The molecule has 0 fully saturated rings. The van der Waals surface area contributed by atoms with Gasteiger partial charge in [-0.3, -0.25) is 4.79 Å². The normalized spacial score (nSPS) is 14.5. The van der Waals surface area contributed by atoms with Gasteiger partial charge in [-0.15, -0.1) is 0 Å². The molecule has 112 valence electrons. The number of carbonyl (C=O) groups excluding carboxylic acids is 1. The van der Waals surface area contributed by atoms with E-state index in [1.54, 1.807) is 13.8 Å². The monoisotopic (exact) mass is 294 g/mol. The molecule has 8 heteroatoms. The summed E-state index contributed by atoms with van der Waals surface area (Å²) in [6.45, 7) is 3.35. The minimum Gasteiger partial charge on any atom is -0.481 e. The summed E-state index contributed by atoms with van der Waals surface area (Å²) in [5, 5.41) is 11.6. The summed E-state index contributed by atoms with van der Waals surface area (Å²) in [5.74, 6) is -1.10. The van der Waals surface area contributed by atoms with Gasteiger partial charge in [-0.25, -0.2) is 13.2 Å². The lowest BCUT2D eigenvalue weighted by molar-refractivity contribution is -0.147. The van der Waals surface area contributed by atoms with Crippen LogP contribution in [0.5, 0.6) is 0 Å². The Kier molecular flexibility index (Phi) is 6.28. The van der Waals surface area contributed by atoms with Crippen LogP contribution in [0.3, 0.4) is 0 Å². The molecule has 0 aliphatic rings. The number of carboxylic acids is 1. The first kappa shape index (κ1) is 17.7. The van der Waals surface area contributed by atoms with Crippen molar-refractivity contribution < 1.29 is 23.1 Å². The Bertz CT molecular complexity index is 434. The van der Waals surface area contributed by atoms with Gasteiger partial charge in [-0.05, 0) is 13.3 Å². The molecule has 19 heavy (non-hydrogen) atoms. The summed E-state index contributed by atoms with van der Waals surface area (Å²) < 4.78 is 21.9. The summed E-state index contributed by atoms with van der Waals surface area (Å²) in [6, 6.07) is -0.482. The Morgan fingerprint density at radius 1 is 1.37 bits per heavy atom. The SMILES string of the molecule is CCC(C)(CNC(=O)N(C)CCS(C)(=O)=O)C(=O)O. The third kappa shape index (κ3) is 6.42. The molecule has 2 amide bonds. The third-order valence-electron chi connectivity index (χ3n) is 3.07. The van der Waals surface area contributed by atoms with E-state index in [0.717, 1.165) is 6.26 Å².